The number of fused-ring (bicyclic) bond motifs is 1. The molecular weight excluding hydrogens is 535 g/mol. The number of amides is 1. The van der Waals surface area contributed by atoms with Gasteiger partial charge in [-0.2, -0.15) is 10.4 Å². The van der Waals surface area contributed by atoms with Crippen LogP contribution in [-0.2, 0) is 10.0 Å². The molecule has 2 unspecified atom stereocenters. The summed E-state index contributed by atoms with van der Waals surface area (Å²) in [6.45, 7) is 2.98. The van der Waals surface area contributed by atoms with Crippen LogP contribution in [0.15, 0.2) is 43.0 Å². The molecule has 0 bridgehead atoms. The molecule has 0 N–H and O–H groups in total. The third-order valence-electron chi connectivity index (χ3n) is 7.73. The Kier molecular flexibility index (Phi) is 6.99. The minimum Gasteiger partial charge on any atom is -0.352 e. The molecule has 4 heterocycles. The van der Waals surface area contributed by atoms with Gasteiger partial charge in [0.05, 0.1) is 46.3 Å². The lowest BCUT2D eigenvalue weighted by atomic mass is 9.49. The van der Waals surface area contributed by atoms with E-state index in [4.69, 9.17) is 23.5 Å². The number of carbonyl (C=O) groups excluding carboxylic acids is 1. The summed E-state index contributed by atoms with van der Waals surface area (Å²) in [4.78, 5) is 29.7. The first-order chi connectivity index (χ1) is 20.1. The van der Waals surface area contributed by atoms with Crippen LogP contribution in [0.1, 0.15) is 25.5 Å². The molecule has 1 aliphatic heterocycles. The van der Waals surface area contributed by atoms with Crippen molar-refractivity contribution in [1.82, 2.24) is 29.6 Å². The van der Waals surface area contributed by atoms with E-state index in [0.29, 0.717) is 58.7 Å². The Labute approximate surface area is 245 Å². The molecule has 1 saturated carbocycles. The van der Waals surface area contributed by atoms with Gasteiger partial charge in [-0.15, -0.1) is 0 Å². The number of rotatable bonds is 6. The second kappa shape index (κ2) is 10.5. The highest BCUT2D eigenvalue weighted by Gasteiger charge is 2.41. The van der Waals surface area contributed by atoms with Gasteiger partial charge >= 0.3 is 0 Å². The van der Waals surface area contributed by atoms with E-state index >= 15 is 0 Å². The smallest absolute Gasteiger partial charge is 0.257 e. The summed E-state index contributed by atoms with van der Waals surface area (Å²) in [5.74, 6) is -0.610. The molecule has 2 atom stereocenters. The lowest BCUT2D eigenvalue weighted by Gasteiger charge is -2.41. The lowest BCUT2D eigenvalue weighted by molar-refractivity contribution is -0.139. The first-order valence-corrected chi connectivity index (χ1v) is 13.5. The van der Waals surface area contributed by atoms with E-state index in [1.165, 1.54) is 18.5 Å². The van der Waals surface area contributed by atoms with Crippen molar-refractivity contribution >= 4 is 46.2 Å². The summed E-state index contributed by atoms with van der Waals surface area (Å²) in [6.07, 6.45) is 4.07. The average molecular weight is 558 g/mol. The van der Waals surface area contributed by atoms with Crippen molar-refractivity contribution in [3.05, 3.63) is 54.5 Å². The number of aromatic nitrogens is 5. The van der Waals surface area contributed by atoms with Crippen LogP contribution in [0.3, 0.4) is 0 Å². The number of nitriles is 1. The molecule has 9 nitrogen and oxygen atoms in total. The second-order valence-corrected chi connectivity index (χ2v) is 10.9. The highest BCUT2D eigenvalue weighted by Crippen LogP contribution is 2.40. The van der Waals surface area contributed by atoms with Crippen molar-refractivity contribution < 1.29 is 13.6 Å². The van der Waals surface area contributed by atoms with Gasteiger partial charge in [0.2, 0.25) is 0 Å². The van der Waals surface area contributed by atoms with Crippen molar-refractivity contribution in [2.75, 3.05) is 24.5 Å². The van der Waals surface area contributed by atoms with Gasteiger partial charge in [-0.3, -0.25) is 14.5 Å². The van der Waals surface area contributed by atoms with Crippen LogP contribution in [0.2, 0.25) is 0 Å². The maximum atomic E-state index is 14.7. The molecule has 1 aliphatic carbocycles. The molecule has 0 spiro atoms. The Morgan fingerprint density at radius 2 is 1.90 bits per heavy atom. The van der Waals surface area contributed by atoms with E-state index in [2.05, 4.69) is 20.1 Å². The van der Waals surface area contributed by atoms with E-state index in [0.717, 1.165) is 23.7 Å². The fourth-order valence-corrected chi connectivity index (χ4v) is 5.52. The predicted molar refractivity (Wildman–Crippen MR) is 155 cm³/mol. The first kappa shape index (κ1) is 27.9. The average Bonchev–Trinajstić information content (AvgIpc) is 3.72. The Morgan fingerprint density at radius 1 is 1.14 bits per heavy atom. The van der Waals surface area contributed by atoms with Gasteiger partial charge in [-0.25, -0.2) is 18.7 Å². The van der Waals surface area contributed by atoms with Crippen molar-refractivity contribution in [3.63, 3.8) is 0 Å². The van der Waals surface area contributed by atoms with Crippen molar-refractivity contribution in [2.24, 2.45) is 5.92 Å². The largest absolute Gasteiger partial charge is 0.352 e. The van der Waals surface area contributed by atoms with Gasteiger partial charge in [-0.1, -0.05) is 6.07 Å². The standard InChI is InChI=1S/C28H23B3F2N8O/c1-15-13-39(6-7-40(15)27(42)24(33)16-2-3-16)26-23-20(17-8-18(32)12-35-11-17)4-5-21(25(23)36-14-37-26)22-9-19(10-34)41(38-22)28(29,30)31/h4-5,8-9,11-12,14-16,24H,2-3,6-7,13H2,1H3. The molecule has 4 aromatic rings. The minimum absolute atomic E-state index is 0.0466. The zero-order chi connectivity index (χ0) is 29.8. The number of hydrogen-bond donors (Lipinski definition) is 0. The predicted octanol–water partition coefficient (Wildman–Crippen LogP) is 2.42. The molecule has 2 aliphatic rings. The number of pyridine rings is 1. The van der Waals surface area contributed by atoms with Crippen LogP contribution >= 0.6 is 0 Å². The van der Waals surface area contributed by atoms with Crippen molar-refractivity contribution in [1.29, 1.82) is 5.26 Å². The monoisotopic (exact) mass is 558 g/mol. The van der Waals surface area contributed by atoms with Crippen LogP contribution in [0.25, 0.3) is 33.3 Å². The molecule has 2 fully saturated rings. The summed E-state index contributed by atoms with van der Waals surface area (Å²) >= 11 is 0. The van der Waals surface area contributed by atoms with Gasteiger partial charge in [0.15, 0.2) is 6.17 Å². The first-order valence-electron chi connectivity index (χ1n) is 13.5. The third kappa shape index (κ3) is 5.01. The molecule has 14 heteroatoms. The minimum atomic E-state index is -1.92. The molecule has 1 saturated heterocycles. The number of anilines is 1. The SMILES string of the molecule is [B]C([B])([B])n1nc(-c2ccc(-c3cncc(F)c3)c3c(N4CCN(C(=O)C(F)C5CC5)C(C)C4)ncnc23)cc1C#N. The Hall–Kier alpha value is -4.27. The van der Waals surface area contributed by atoms with E-state index in [9.17, 15) is 18.8 Å². The van der Waals surface area contributed by atoms with Crippen LogP contribution in [0, 0.1) is 23.1 Å². The fraction of sp³-hybridized carbons (Fsp3) is 0.357. The molecule has 204 valence electrons. The second-order valence-electron chi connectivity index (χ2n) is 10.9. The highest BCUT2D eigenvalue weighted by atomic mass is 19.1. The third-order valence-corrected chi connectivity index (χ3v) is 7.73. The van der Waals surface area contributed by atoms with Crippen molar-refractivity contribution in [2.45, 2.75) is 37.2 Å². The lowest BCUT2D eigenvalue weighted by Crippen LogP contribution is -2.56. The zero-order valence-corrected chi connectivity index (χ0v) is 22.8. The molecule has 3 aromatic heterocycles. The number of nitrogens with zero attached hydrogens (tertiary/aromatic N) is 8. The van der Waals surface area contributed by atoms with Crippen LogP contribution in [0.4, 0.5) is 14.6 Å². The normalized spacial score (nSPS) is 18.2. The molecule has 42 heavy (non-hydrogen) atoms. The Balaban J connectivity index is 1.47. The number of hydrogen-bond acceptors (Lipinski definition) is 7. The highest BCUT2D eigenvalue weighted by molar-refractivity contribution is 6.56. The summed E-state index contributed by atoms with van der Waals surface area (Å²) in [5, 5.41) is 12.7. The van der Waals surface area contributed by atoms with Crippen LogP contribution in [-0.4, -0.2) is 90.9 Å². The fourth-order valence-electron chi connectivity index (χ4n) is 5.52. The van der Waals surface area contributed by atoms with Gasteiger partial charge in [0, 0.05) is 49.1 Å². The Morgan fingerprint density at radius 3 is 2.55 bits per heavy atom. The summed E-state index contributed by atoms with van der Waals surface area (Å²) in [7, 11) is 17.5. The maximum absolute atomic E-state index is 14.7. The van der Waals surface area contributed by atoms with E-state index in [1.807, 2.05) is 17.9 Å². The van der Waals surface area contributed by atoms with Gasteiger partial charge in [-0.05, 0) is 48.6 Å². The number of alkyl halides is 1. The quantitative estimate of drug-likeness (QED) is 0.335. The van der Waals surface area contributed by atoms with E-state index in [-0.39, 0.29) is 17.7 Å². The van der Waals surface area contributed by atoms with E-state index < -0.39 is 23.1 Å². The van der Waals surface area contributed by atoms with Crippen LogP contribution < -0.4 is 4.90 Å². The number of halogens is 2. The number of piperazine rings is 1. The number of carbonyl (C=O) groups is 1. The van der Waals surface area contributed by atoms with Crippen molar-refractivity contribution in [3.8, 4) is 28.5 Å². The Bertz CT molecular complexity index is 1730. The van der Waals surface area contributed by atoms with Gasteiger partial charge < -0.3 is 9.80 Å². The van der Waals surface area contributed by atoms with Gasteiger partial charge in [0.1, 0.15) is 29.7 Å². The van der Waals surface area contributed by atoms with E-state index in [1.54, 1.807) is 23.2 Å². The van der Waals surface area contributed by atoms with Crippen LogP contribution in [0.5, 0.6) is 0 Å². The summed E-state index contributed by atoms with van der Waals surface area (Å²) in [6, 6.07) is 8.10. The summed E-state index contributed by atoms with van der Waals surface area (Å²) < 4.78 is 30.0. The maximum Gasteiger partial charge on any atom is 0.257 e. The van der Waals surface area contributed by atoms with Gasteiger partial charge in [0.25, 0.3) is 5.91 Å². The molecular formula is C28H23B3F2N8O. The molecule has 1 aromatic carbocycles. The number of benzene rings is 1. The zero-order valence-electron chi connectivity index (χ0n) is 22.8. The molecule has 6 rings (SSSR count). The summed E-state index contributed by atoms with van der Waals surface area (Å²) in [5.41, 5.74) is 2.51. The molecule has 1 amide bonds. The topological polar surface area (TPSA) is 104 Å². The molecule has 6 radical (unpaired) electrons.